The average molecular weight is 497 g/mol. The minimum Gasteiger partial charge on any atom is -0.477 e. The van der Waals surface area contributed by atoms with Crippen LogP contribution in [-0.4, -0.2) is 77.2 Å². The lowest BCUT2D eigenvalue weighted by molar-refractivity contribution is -0.150. The molecule has 2 aromatic rings. The van der Waals surface area contributed by atoms with Crippen molar-refractivity contribution in [3.05, 3.63) is 33.3 Å². The first kappa shape index (κ1) is 22.2. The first-order valence-electron chi connectivity index (χ1n) is 9.06. The maximum absolute atomic E-state index is 12.7. The second-order valence-electron chi connectivity index (χ2n) is 6.76. The number of carboxylic acid groups (broad SMARTS) is 2. The third-order valence-electron chi connectivity index (χ3n) is 4.77. The van der Waals surface area contributed by atoms with E-state index < -0.39 is 29.3 Å². The van der Waals surface area contributed by atoms with Crippen molar-refractivity contribution in [2.45, 2.75) is 22.9 Å². The largest absolute Gasteiger partial charge is 0.477 e. The summed E-state index contributed by atoms with van der Waals surface area (Å²) >= 11 is 3.69. The van der Waals surface area contributed by atoms with Crippen LogP contribution >= 0.6 is 34.9 Å². The maximum atomic E-state index is 12.7. The molecule has 0 saturated carbocycles. The first-order chi connectivity index (χ1) is 15.3. The SMILES string of the molecule is Nc1ccsc1CC(=O)NC1C(=O)N2C(C(=O)O)=C(CSc3n[nH]nc3C(=O)O)CS[C@H]12. The standard InChI is InChI=1S/C17H16N6O6S3/c18-7-1-2-30-8(7)3-9(24)19-11-14(25)23-12(17(28)29)6(5-32-15(11)23)4-31-13-10(16(26)27)20-22-21-13/h1-2,11,15H,3-5,18H2,(H,19,24)(H,26,27)(H,28,29)(H,20,21,22)/t11?,15-/m1/s1. The Labute approximate surface area is 192 Å². The molecule has 32 heavy (non-hydrogen) atoms. The Hall–Kier alpha value is -3.04. The molecule has 4 heterocycles. The van der Waals surface area contributed by atoms with E-state index in [4.69, 9.17) is 10.8 Å². The Morgan fingerprint density at radius 3 is 2.75 bits per heavy atom. The number of thioether (sulfide) groups is 2. The molecule has 2 aromatic heterocycles. The number of carbonyl (C=O) groups excluding carboxylic acids is 2. The van der Waals surface area contributed by atoms with E-state index in [-0.39, 0.29) is 34.5 Å². The van der Waals surface area contributed by atoms with E-state index >= 15 is 0 Å². The monoisotopic (exact) mass is 496 g/mol. The quantitative estimate of drug-likeness (QED) is 0.248. The normalized spacial score (nSPS) is 20.0. The maximum Gasteiger partial charge on any atom is 0.359 e. The van der Waals surface area contributed by atoms with Gasteiger partial charge in [-0.1, -0.05) is 11.8 Å². The number of aromatic carboxylic acids is 1. The Morgan fingerprint density at radius 1 is 1.31 bits per heavy atom. The van der Waals surface area contributed by atoms with Crippen molar-refractivity contribution in [1.82, 2.24) is 25.6 Å². The predicted molar refractivity (Wildman–Crippen MR) is 116 cm³/mol. The van der Waals surface area contributed by atoms with Gasteiger partial charge in [-0.2, -0.15) is 5.21 Å². The Morgan fingerprint density at radius 2 is 2.09 bits per heavy atom. The predicted octanol–water partition coefficient (Wildman–Crippen LogP) is 0.220. The summed E-state index contributed by atoms with van der Waals surface area (Å²) in [6.45, 7) is 0. The van der Waals surface area contributed by atoms with E-state index in [1.54, 1.807) is 11.4 Å². The van der Waals surface area contributed by atoms with E-state index in [0.29, 0.717) is 21.9 Å². The average Bonchev–Trinajstić information content (AvgIpc) is 3.38. The lowest BCUT2D eigenvalue weighted by Gasteiger charge is -2.49. The number of carbonyl (C=O) groups is 4. The number of anilines is 1. The molecule has 0 aliphatic carbocycles. The number of nitrogens with two attached hydrogens (primary N) is 1. The number of amides is 2. The van der Waals surface area contributed by atoms with Crippen LogP contribution in [0.15, 0.2) is 27.7 Å². The number of thiophene rings is 1. The molecule has 6 N–H and O–H groups in total. The zero-order valence-corrected chi connectivity index (χ0v) is 18.6. The molecule has 0 radical (unpaired) electrons. The number of nitrogens with zero attached hydrogens (tertiary/aromatic N) is 3. The molecule has 2 aliphatic heterocycles. The Kier molecular flexibility index (Phi) is 6.12. The molecule has 0 aromatic carbocycles. The van der Waals surface area contributed by atoms with E-state index in [2.05, 4.69) is 20.7 Å². The molecule has 1 fully saturated rings. The van der Waals surface area contributed by atoms with Crippen molar-refractivity contribution in [3.8, 4) is 0 Å². The van der Waals surface area contributed by atoms with Gasteiger partial charge in [0, 0.05) is 22.1 Å². The van der Waals surface area contributed by atoms with Crippen LogP contribution in [0, 0.1) is 0 Å². The molecule has 1 saturated heterocycles. The number of nitrogen functional groups attached to an aromatic ring is 1. The Bertz CT molecular complexity index is 1140. The van der Waals surface area contributed by atoms with Gasteiger partial charge in [0.1, 0.15) is 17.1 Å². The molecule has 4 rings (SSSR count). The van der Waals surface area contributed by atoms with Crippen molar-refractivity contribution < 1.29 is 29.4 Å². The molecule has 1 unspecified atom stereocenters. The molecule has 2 aliphatic rings. The first-order valence-corrected chi connectivity index (χ1v) is 12.0. The van der Waals surface area contributed by atoms with E-state index in [1.165, 1.54) is 23.1 Å². The minimum atomic E-state index is -1.27. The number of aromatic amines is 1. The van der Waals surface area contributed by atoms with Crippen LogP contribution < -0.4 is 11.1 Å². The number of rotatable bonds is 8. The fourth-order valence-electron chi connectivity index (χ4n) is 3.28. The van der Waals surface area contributed by atoms with Crippen molar-refractivity contribution in [2.24, 2.45) is 0 Å². The van der Waals surface area contributed by atoms with Crippen molar-refractivity contribution in [2.75, 3.05) is 17.2 Å². The van der Waals surface area contributed by atoms with Crippen molar-refractivity contribution in [3.63, 3.8) is 0 Å². The summed E-state index contributed by atoms with van der Waals surface area (Å²) in [6.07, 6.45) is 0.0395. The summed E-state index contributed by atoms with van der Waals surface area (Å²) in [6, 6.07) is 0.869. The molecule has 168 valence electrons. The fraction of sp³-hybridized carbons (Fsp3) is 0.294. The number of β-lactam (4-membered cyclic amide) rings is 1. The third kappa shape index (κ3) is 4.05. The van der Waals surface area contributed by atoms with Crippen LogP contribution in [-0.2, 0) is 20.8 Å². The number of aliphatic carboxylic acids is 1. The van der Waals surface area contributed by atoms with Gasteiger partial charge in [0.2, 0.25) is 11.6 Å². The van der Waals surface area contributed by atoms with Gasteiger partial charge in [-0.25, -0.2) is 9.59 Å². The van der Waals surface area contributed by atoms with Crippen molar-refractivity contribution in [1.29, 1.82) is 0 Å². The highest BCUT2D eigenvalue weighted by atomic mass is 32.2. The van der Waals surface area contributed by atoms with Crippen LogP contribution in [0.2, 0.25) is 0 Å². The lowest BCUT2D eigenvalue weighted by atomic mass is 10.0. The van der Waals surface area contributed by atoms with Gasteiger partial charge in [-0.3, -0.25) is 14.5 Å². The summed E-state index contributed by atoms with van der Waals surface area (Å²) in [5.74, 6) is -2.99. The highest BCUT2D eigenvalue weighted by Gasteiger charge is 2.54. The van der Waals surface area contributed by atoms with Crippen LogP contribution in [0.4, 0.5) is 5.69 Å². The van der Waals surface area contributed by atoms with E-state index in [1.807, 2.05) is 0 Å². The molecule has 2 atom stereocenters. The summed E-state index contributed by atoms with van der Waals surface area (Å²) in [5, 5.41) is 32.4. The summed E-state index contributed by atoms with van der Waals surface area (Å²) < 4.78 is 0. The van der Waals surface area contributed by atoms with Gasteiger partial charge in [0.15, 0.2) is 5.03 Å². The smallest absolute Gasteiger partial charge is 0.359 e. The number of hydrogen-bond acceptors (Lipinski definition) is 10. The molecule has 12 nitrogen and oxygen atoms in total. The van der Waals surface area contributed by atoms with Gasteiger partial charge in [-0.05, 0) is 17.0 Å². The van der Waals surface area contributed by atoms with Gasteiger partial charge in [0.25, 0.3) is 5.91 Å². The van der Waals surface area contributed by atoms with E-state index in [0.717, 1.165) is 16.7 Å². The number of fused-ring (bicyclic) bond motifs is 1. The second-order valence-corrected chi connectivity index (χ2v) is 9.83. The molecule has 0 spiro atoms. The molecule has 2 amide bonds. The van der Waals surface area contributed by atoms with Gasteiger partial charge in [0.05, 0.1) is 6.42 Å². The van der Waals surface area contributed by atoms with Crippen LogP contribution in [0.1, 0.15) is 15.4 Å². The molecule has 15 heteroatoms. The number of carboxylic acids is 2. The minimum absolute atomic E-state index is 0.0395. The summed E-state index contributed by atoms with van der Waals surface area (Å²) in [7, 11) is 0. The second kappa shape index (κ2) is 8.84. The number of hydrogen-bond donors (Lipinski definition) is 5. The fourth-order valence-corrected chi connectivity index (χ4v) is 6.47. The number of aromatic nitrogens is 3. The zero-order valence-electron chi connectivity index (χ0n) is 16.1. The summed E-state index contributed by atoms with van der Waals surface area (Å²) in [5.41, 5.74) is 6.34. The van der Waals surface area contributed by atoms with Crippen molar-refractivity contribution >= 4 is 64.3 Å². The molecular formula is C17H16N6O6S3. The third-order valence-corrected chi connectivity index (χ3v) is 8.10. The number of H-pyrrole nitrogens is 1. The van der Waals surface area contributed by atoms with Gasteiger partial charge in [-0.15, -0.1) is 33.3 Å². The topological polar surface area (TPSA) is 192 Å². The van der Waals surface area contributed by atoms with Crippen LogP contribution in [0.3, 0.4) is 0 Å². The molecule has 0 bridgehead atoms. The van der Waals surface area contributed by atoms with Gasteiger partial charge >= 0.3 is 11.9 Å². The lowest BCUT2D eigenvalue weighted by Crippen LogP contribution is -2.70. The zero-order chi connectivity index (χ0) is 23.0. The molecular weight excluding hydrogens is 480 g/mol. The van der Waals surface area contributed by atoms with Crippen LogP contribution in [0.5, 0.6) is 0 Å². The number of nitrogens with one attached hydrogen (secondary N) is 2. The van der Waals surface area contributed by atoms with Gasteiger partial charge < -0.3 is 21.3 Å². The Balaban J connectivity index is 1.45. The van der Waals surface area contributed by atoms with E-state index in [9.17, 15) is 24.3 Å². The highest BCUT2D eigenvalue weighted by molar-refractivity contribution is 8.01. The highest BCUT2D eigenvalue weighted by Crippen LogP contribution is 2.41. The summed E-state index contributed by atoms with van der Waals surface area (Å²) in [4.78, 5) is 50.0. The van der Waals surface area contributed by atoms with Crippen LogP contribution in [0.25, 0.3) is 0 Å².